The first-order valence-electron chi connectivity index (χ1n) is 6.80. The van der Waals surface area contributed by atoms with E-state index in [9.17, 15) is 4.79 Å². The molecule has 2 aliphatic rings. The Kier molecular flexibility index (Phi) is 4.22. The molecule has 0 aromatic rings. The van der Waals surface area contributed by atoms with Gasteiger partial charge < -0.3 is 10.2 Å². The quantitative estimate of drug-likeness (QED) is 0.787. The molecule has 92 valence electrons. The second-order valence-corrected chi connectivity index (χ2v) is 5.20. The van der Waals surface area contributed by atoms with Crippen molar-refractivity contribution in [2.24, 2.45) is 11.8 Å². The molecule has 1 heterocycles. The summed E-state index contributed by atoms with van der Waals surface area (Å²) in [4.78, 5) is 14.2. The lowest BCUT2D eigenvalue weighted by molar-refractivity contribution is -0.138. The summed E-state index contributed by atoms with van der Waals surface area (Å²) in [7, 11) is 0. The molecular weight excluding hydrogens is 200 g/mol. The third-order valence-corrected chi connectivity index (χ3v) is 4.09. The molecule has 0 aromatic carbocycles. The van der Waals surface area contributed by atoms with Crippen molar-refractivity contribution in [3.05, 3.63) is 0 Å². The van der Waals surface area contributed by atoms with Gasteiger partial charge in [0.1, 0.15) is 0 Å². The van der Waals surface area contributed by atoms with Gasteiger partial charge in [0.05, 0.1) is 0 Å². The predicted molar refractivity (Wildman–Crippen MR) is 65.2 cm³/mol. The summed E-state index contributed by atoms with van der Waals surface area (Å²) >= 11 is 0. The van der Waals surface area contributed by atoms with Crippen LogP contribution in [0.1, 0.15) is 39.0 Å². The van der Waals surface area contributed by atoms with Crippen LogP contribution in [0.2, 0.25) is 0 Å². The molecule has 1 saturated heterocycles. The summed E-state index contributed by atoms with van der Waals surface area (Å²) in [6, 6.07) is 0. The Bertz CT molecular complexity index is 232. The van der Waals surface area contributed by atoms with E-state index >= 15 is 0 Å². The number of carbonyl (C=O) groups is 1. The van der Waals surface area contributed by atoms with Crippen molar-refractivity contribution in [1.82, 2.24) is 10.2 Å². The van der Waals surface area contributed by atoms with E-state index in [4.69, 9.17) is 0 Å². The van der Waals surface area contributed by atoms with Crippen molar-refractivity contribution in [3.63, 3.8) is 0 Å². The van der Waals surface area contributed by atoms with E-state index in [1.165, 1.54) is 19.3 Å². The van der Waals surface area contributed by atoms with Gasteiger partial charge in [0.2, 0.25) is 5.91 Å². The number of piperidine rings is 1. The Morgan fingerprint density at radius 3 is 2.44 bits per heavy atom. The van der Waals surface area contributed by atoms with E-state index in [1.807, 2.05) is 0 Å². The second kappa shape index (κ2) is 5.67. The molecule has 2 rings (SSSR count). The number of nitrogens with one attached hydrogen (secondary N) is 1. The molecule has 0 unspecified atom stereocenters. The molecule has 3 heteroatoms. The average molecular weight is 224 g/mol. The Balaban J connectivity index is 1.81. The van der Waals surface area contributed by atoms with Gasteiger partial charge in [-0.2, -0.15) is 0 Å². The Morgan fingerprint density at radius 1 is 1.25 bits per heavy atom. The van der Waals surface area contributed by atoms with E-state index in [1.54, 1.807) is 0 Å². The number of hydrogen-bond donors (Lipinski definition) is 1. The minimum Gasteiger partial charge on any atom is -0.342 e. The normalized spacial score (nSPS) is 22.8. The summed E-state index contributed by atoms with van der Waals surface area (Å²) in [6.45, 7) is 6.24. The van der Waals surface area contributed by atoms with E-state index in [0.29, 0.717) is 11.8 Å². The topological polar surface area (TPSA) is 32.3 Å². The maximum atomic E-state index is 12.1. The predicted octanol–water partition coefficient (Wildman–Crippen LogP) is 1.63. The fourth-order valence-electron chi connectivity index (χ4n) is 2.66. The molecule has 0 aromatic heterocycles. The molecular formula is C13H24N2O. The van der Waals surface area contributed by atoms with Crippen LogP contribution in [0.25, 0.3) is 0 Å². The minimum atomic E-state index is 0.363. The van der Waals surface area contributed by atoms with E-state index in [-0.39, 0.29) is 0 Å². The second-order valence-electron chi connectivity index (χ2n) is 5.20. The van der Waals surface area contributed by atoms with Crippen LogP contribution in [0.4, 0.5) is 0 Å². The molecule has 3 nitrogen and oxygen atoms in total. The first kappa shape index (κ1) is 11.9. The van der Waals surface area contributed by atoms with Crippen molar-refractivity contribution in [3.8, 4) is 0 Å². The van der Waals surface area contributed by atoms with Gasteiger partial charge in [-0.05, 0) is 51.6 Å². The SMILES string of the molecule is CCN(CC1CCNCC1)C(=O)C1CCC1. The molecule has 2 fully saturated rings. The first-order valence-corrected chi connectivity index (χ1v) is 6.80. The highest BCUT2D eigenvalue weighted by atomic mass is 16.2. The van der Waals surface area contributed by atoms with Crippen LogP contribution in [-0.4, -0.2) is 37.0 Å². The van der Waals surface area contributed by atoms with E-state index in [2.05, 4.69) is 17.1 Å². The van der Waals surface area contributed by atoms with Crippen molar-refractivity contribution < 1.29 is 4.79 Å². The van der Waals surface area contributed by atoms with Gasteiger partial charge in [-0.15, -0.1) is 0 Å². The van der Waals surface area contributed by atoms with Gasteiger partial charge in [-0.1, -0.05) is 6.42 Å². The highest BCUT2D eigenvalue weighted by Crippen LogP contribution is 2.28. The molecule has 1 amide bonds. The molecule has 16 heavy (non-hydrogen) atoms. The highest BCUT2D eigenvalue weighted by Gasteiger charge is 2.29. The number of rotatable bonds is 4. The van der Waals surface area contributed by atoms with Gasteiger partial charge in [0, 0.05) is 19.0 Å². The Morgan fingerprint density at radius 2 is 1.94 bits per heavy atom. The average Bonchev–Trinajstić information content (AvgIpc) is 2.25. The van der Waals surface area contributed by atoms with Crippen LogP contribution in [0.3, 0.4) is 0 Å². The summed E-state index contributed by atoms with van der Waals surface area (Å²) in [5.41, 5.74) is 0. The van der Waals surface area contributed by atoms with Crippen molar-refractivity contribution in [2.75, 3.05) is 26.2 Å². The van der Waals surface area contributed by atoms with Crippen LogP contribution in [0, 0.1) is 11.8 Å². The number of nitrogens with zero attached hydrogens (tertiary/aromatic N) is 1. The molecule has 0 spiro atoms. The maximum Gasteiger partial charge on any atom is 0.225 e. The van der Waals surface area contributed by atoms with E-state index in [0.717, 1.165) is 44.9 Å². The minimum absolute atomic E-state index is 0.363. The zero-order chi connectivity index (χ0) is 11.4. The number of carbonyl (C=O) groups excluding carboxylic acids is 1. The van der Waals surface area contributed by atoms with Gasteiger partial charge in [0.25, 0.3) is 0 Å². The fraction of sp³-hybridized carbons (Fsp3) is 0.923. The zero-order valence-electron chi connectivity index (χ0n) is 10.4. The summed E-state index contributed by atoms with van der Waals surface area (Å²) in [6.07, 6.45) is 5.97. The van der Waals surface area contributed by atoms with Crippen LogP contribution in [0.5, 0.6) is 0 Å². The zero-order valence-corrected chi connectivity index (χ0v) is 10.4. The largest absolute Gasteiger partial charge is 0.342 e. The van der Waals surface area contributed by atoms with Gasteiger partial charge in [-0.3, -0.25) is 4.79 Å². The van der Waals surface area contributed by atoms with Gasteiger partial charge in [-0.25, -0.2) is 0 Å². The van der Waals surface area contributed by atoms with Gasteiger partial charge >= 0.3 is 0 Å². The van der Waals surface area contributed by atoms with Crippen LogP contribution >= 0.6 is 0 Å². The lowest BCUT2D eigenvalue weighted by Crippen LogP contribution is -2.43. The summed E-state index contributed by atoms with van der Waals surface area (Å²) < 4.78 is 0. The number of amides is 1. The van der Waals surface area contributed by atoms with Crippen LogP contribution < -0.4 is 5.32 Å². The molecule has 1 aliphatic heterocycles. The van der Waals surface area contributed by atoms with Crippen molar-refractivity contribution >= 4 is 5.91 Å². The highest BCUT2D eigenvalue weighted by molar-refractivity contribution is 5.79. The molecule has 1 aliphatic carbocycles. The first-order chi connectivity index (χ1) is 7.81. The number of hydrogen-bond acceptors (Lipinski definition) is 2. The molecule has 0 radical (unpaired) electrons. The monoisotopic (exact) mass is 224 g/mol. The standard InChI is InChI=1S/C13H24N2O/c1-2-15(13(16)12-4-3-5-12)10-11-6-8-14-9-7-11/h11-12,14H,2-10H2,1H3. The van der Waals surface area contributed by atoms with Gasteiger partial charge in [0.15, 0.2) is 0 Å². The lowest BCUT2D eigenvalue weighted by Gasteiger charge is -2.34. The molecule has 0 atom stereocenters. The smallest absolute Gasteiger partial charge is 0.225 e. The van der Waals surface area contributed by atoms with Crippen LogP contribution in [0.15, 0.2) is 0 Å². The summed E-state index contributed by atoms with van der Waals surface area (Å²) in [5, 5.41) is 3.38. The molecule has 1 saturated carbocycles. The van der Waals surface area contributed by atoms with Crippen LogP contribution in [-0.2, 0) is 4.79 Å². The molecule has 1 N–H and O–H groups in total. The van der Waals surface area contributed by atoms with Crippen molar-refractivity contribution in [2.45, 2.75) is 39.0 Å². The maximum absolute atomic E-state index is 12.1. The van der Waals surface area contributed by atoms with E-state index < -0.39 is 0 Å². The molecule has 0 bridgehead atoms. The summed E-state index contributed by atoms with van der Waals surface area (Å²) in [5.74, 6) is 1.51. The Hall–Kier alpha value is -0.570. The Labute approximate surface area is 98.6 Å². The van der Waals surface area contributed by atoms with Crippen molar-refractivity contribution in [1.29, 1.82) is 0 Å². The fourth-order valence-corrected chi connectivity index (χ4v) is 2.66. The third kappa shape index (κ3) is 2.76. The lowest BCUT2D eigenvalue weighted by atomic mass is 9.84. The third-order valence-electron chi connectivity index (χ3n) is 4.09.